The van der Waals surface area contributed by atoms with Crippen molar-refractivity contribution in [3.8, 4) is 11.1 Å². The molecule has 4 heteroatoms. The van der Waals surface area contributed by atoms with Gasteiger partial charge in [0.05, 0.1) is 22.1 Å². The van der Waals surface area contributed by atoms with Gasteiger partial charge in [0.1, 0.15) is 0 Å². The molecule has 0 N–H and O–H groups in total. The van der Waals surface area contributed by atoms with Crippen molar-refractivity contribution < 1.29 is 4.79 Å². The number of benzene rings is 10. The normalized spacial score (nSPS) is 13.3. The van der Waals surface area contributed by atoms with E-state index in [2.05, 4.69) is 150 Å². The monoisotopic (exact) mass is 1310 g/mol. The van der Waals surface area contributed by atoms with Crippen LogP contribution in [0.25, 0.3) is 119 Å². The summed E-state index contributed by atoms with van der Waals surface area (Å²) in [5.74, 6) is 1.17. The zero-order chi connectivity index (χ0) is 63.9. The number of nitrogens with zero attached hydrogens (tertiary/aromatic N) is 2. The number of hydrogen-bond acceptors (Lipinski definition) is 1. The first-order valence-corrected chi connectivity index (χ1v) is 39.8. The first-order chi connectivity index (χ1) is 46.0. The van der Waals surface area contributed by atoms with E-state index in [4.69, 9.17) is 0 Å². The molecule has 0 fully saturated rings. The third kappa shape index (κ3) is 14.8. The van der Waals surface area contributed by atoms with E-state index in [9.17, 15) is 4.79 Å². The lowest BCUT2D eigenvalue weighted by Crippen LogP contribution is -2.12. The highest BCUT2D eigenvalue weighted by molar-refractivity contribution is 9.10. The van der Waals surface area contributed by atoms with E-state index in [1.165, 1.54) is 375 Å². The molecule has 2 atom stereocenters. The van der Waals surface area contributed by atoms with Crippen molar-refractivity contribution in [2.75, 3.05) is 0 Å². The van der Waals surface area contributed by atoms with Crippen molar-refractivity contribution in [1.29, 1.82) is 0 Å². The number of halogens is 1. The van der Waals surface area contributed by atoms with E-state index in [-0.39, 0.29) is 0 Å². The summed E-state index contributed by atoms with van der Waals surface area (Å²) >= 11 is 4.24. The first-order valence-electron chi connectivity index (χ1n) is 39.1. The lowest BCUT2D eigenvalue weighted by molar-refractivity contribution is 0.112. The van der Waals surface area contributed by atoms with Crippen molar-refractivity contribution in [2.45, 2.75) is 298 Å². The molecule has 2 unspecified atom stereocenters. The second kappa shape index (κ2) is 33.5. The summed E-state index contributed by atoms with van der Waals surface area (Å²) in [4.78, 5) is 13.5. The molecule has 10 aromatic carbocycles. The summed E-state index contributed by atoms with van der Waals surface area (Å²) in [5.41, 5.74) is 8.89. The smallest absolute Gasteiger partial charge is 0.150 e. The molecule has 0 bridgehead atoms. The van der Waals surface area contributed by atoms with E-state index < -0.39 is 0 Å². The van der Waals surface area contributed by atoms with Crippen molar-refractivity contribution in [3.05, 3.63) is 107 Å². The van der Waals surface area contributed by atoms with Crippen molar-refractivity contribution >= 4 is 130 Å². The molecule has 0 saturated heterocycles. The van der Waals surface area contributed by atoms with Crippen molar-refractivity contribution in [3.63, 3.8) is 0 Å². The lowest BCUT2D eigenvalue weighted by Gasteiger charge is -2.21. The summed E-state index contributed by atoms with van der Waals surface area (Å²) in [6, 6.07) is 38.5. The Hall–Kier alpha value is -5.45. The number of aldehydes is 1. The molecular weight excluding hydrogens is 1190 g/mol. The Balaban J connectivity index is 0.980. The van der Waals surface area contributed by atoms with Gasteiger partial charge in [0.2, 0.25) is 0 Å². The maximum absolute atomic E-state index is 13.5. The highest BCUT2D eigenvalue weighted by Crippen LogP contribution is 2.54. The Morgan fingerprint density at radius 2 is 0.559 bits per heavy atom. The molecule has 0 amide bonds. The summed E-state index contributed by atoms with van der Waals surface area (Å²) in [6.45, 7) is 11.3. The number of rotatable bonds is 46. The molecule has 93 heavy (non-hydrogen) atoms. The van der Waals surface area contributed by atoms with Gasteiger partial charge in [-0.25, -0.2) is 0 Å². The second-order valence-corrected chi connectivity index (χ2v) is 30.6. The molecule has 2 aromatic heterocycles. The van der Waals surface area contributed by atoms with Crippen molar-refractivity contribution in [1.82, 2.24) is 9.13 Å². The quantitative estimate of drug-likeness (QED) is 0.0162. The third-order valence-corrected chi connectivity index (χ3v) is 23.6. The fourth-order valence-electron chi connectivity index (χ4n) is 17.9. The Labute approximate surface area is 568 Å². The molecule has 0 radical (unpaired) electrons. The number of carbonyl (C=O) groups excluding carboxylic acids is 1. The van der Waals surface area contributed by atoms with Gasteiger partial charge in [-0.3, -0.25) is 4.79 Å². The maximum Gasteiger partial charge on any atom is 0.150 e. The van der Waals surface area contributed by atoms with E-state index in [1.807, 2.05) is 0 Å². The second-order valence-electron chi connectivity index (χ2n) is 29.7. The molecule has 0 aliphatic carbocycles. The van der Waals surface area contributed by atoms with Gasteiger partial charge >= 0.3 is 0 Å². The highest BCUT2D eigenvalue weighted by Gasteiger charge is 2.30. The zero-order valence-electron chi connectivity index (χ0n) is 58.3. The van der Waals surface area contributed by atoms with Gasteiger partial charge in [-0.2, -0.15) is 0 Å². The van der Waals surface area contributed by atoms with E-state index >= 15 is 0 Å². The minimum absolute atomic E-state index is 0.558. The maximum atomic E-state index is 13.5. The first kappa shape index (κ1) is 67.5. The van der Waals surface area contributed by atoms with Crippen LogP contribution in [0.1, 0.15) is 295 Å². The Morgan fingerprint density at radius 1 is 0.301 bits per heavy atom. The highest BCUT2D eigenvalue weighted by atomic mass is 79.9. The van der Waals surface area contributed by atoms with Gasteiger partial charge in [0, 0.05) is 66.2 Å². The van der Waals surface area contributed by atoms with Gasteiger partial charge < -0.3 is 9.13 Å². The van der Waals surface area contributed by atoms with E-state index in [0.29, 0.717) is 11.8 Å². The van der Waals surface area contributed by atoms with Crippen LogP contribution >= 0.6 is 15.9 Å². The van der Waals surface area contributed by atoms with Crippen LogP contribution in [-0.2, 0) is 13.1 Å². The summed E-state index contributed by atoms with van der Waals surface area (Å²) in [5, 5.41) is 21.5. The Morgan fingerprint density at radius 3 is 0.892 bits per heavy atom. The van der Waals surface area contributed by atoms with Crippen LogP contribution < -0.4 is 0 Å². The number of unbranched alkanes of at least 4 members (excludes halogenated alkanes) is 32. The predicted octanol–water partition coefficient (Wildman–Crippen LogP) is 29.7. The van der Waals surface area contributed by atoms with E-state index in [1.54, 1.807) is 0 Å². The number of carbonyl (C=O) groups is 1. The molecule has 12 rings (SSSR count). The van der Waals surface area contributed by atoms with Crippen LogP contribution in [-0.4, -0.2) is 15.4 Å². The van der Waals surface area contributed by atoms with Gasteiger partial charge in [-0.15, -0.1) is 0 Å². The van der Waals surface area contributed by atoms with Gasteiger partial charge in [-0.05, 0) is 116 Å². The molecule has 2 heterocycles. The summed E-state index contributed by atoms with van der Waals surface area (Å²) < 4.78 is 6.82. The van der Waals surface area contributed by atoms with Crippen LogP contribution in [0.3, 0.4) is 0 Å². The summed E-state index contributed by atoms with van der Waals surface area (Å²) in [7, 11) is 0. The van der Waals surface area contributed by atoms with Crippen LogP contribution in [0.4, 0.5) is 0 Å². The SMILES string of the molecule is CCCCCCCCCCCCC(CCCCCCCCCC)Cn1c2cc(Br)c3cccc4c5cccc6c(-c7cc8c9c%10c7cccc%10c7cccc%10c(C=O)cc(c9c%107)n8CC(CCCCCCCCCC)CCCCCCCCCCCC)cc1c(c65)c2c34. The van der Waals surface area contributed by atoms with Crippen LogP contribution in [0.5, 0.6) is 0 Å². The van der Waals surface area contributed by atoms with Crippen LogP contribution in [0, 0.1) is 11.8 Å². The zero-order valence-corrected chi connectivity index (χ0v) is 59.9. The average Bonchev–Trinajstić information content (AvgIpc) is 1.51. The minimum atomic E-state index is 0.558. The topological polar surface area (TPSA) is 26.9 Å². The number of fused-ring (bicyclic) bond motifs is 2. The largest absolute Gasteiger partial charge is 0.340 e. The molecule has 0 spiro atoms. The number of hydrogen-bond donors (Lipinski definition) is 0. The number of aromatic nitrogens is 2. The van der Waals surface area contributed by atoms with Gasteiger partial charge in [-0.1, -0.05) is 348 Å². The predicted molar refractivity (Wildman–Crippen MR) is 415 cm³/mol. The Bertz CT molecular complexity index is 4250. The van der Waals surface area contributed by atoms with Crippen LogP contribution in [0.15, 0.2) is 102 Å². The third-order valence-electron chi connectivity index (χ3n) is 23.0. The molecule has 0 aliphatic heterocycles. The molecule has 0 aliphatic rings. The van der Waals surface area contributed by atoms with Gasteiger partial charge in [0.25, 0.3) is 0 Å². The fourth-order valence-corrected chi connectivity index (χ4v) is 18.5. The van der Waals surface area contributed by atoms with Crippen LogP contribution in [0.2, 0.25) is 0 Å². The summed E-state index contributed by atoms with van der Waals surface area (Å²) in [6.07, 6.45) is 55.4. The fraction of sp³-hybridized carbons (Fsp3) is 0.539. The lowest BCUT2D eigenvalue weighted by atomic mass is 9.84. The van der Waals surface area contributed by atoms with Gasteiger partial charge in [0.15, 0.2) is 6.29 Å². The average molecular weight is 1310 g/mol. The Kier molecular flexibility index (Phi) is 24.3. The molecule has 0 saturated carbocycles. The van der Waals surface area contributed by atoms with E-state index in [0.717, 1.165) is 30.3 Å². The standard InChI is InChI=1S/C89H115BrN2O/c1-5-9-13-17-21-25-27-31-35-39-46-64(45-37-33-29-23-19-15-11-7-3)61-91-78-57-66(63-93)67-49-41-50-68-69-51-42-54-72-75(58-79(91)87(83(69)72)86(78)82(67)68)76-59-80-88-84-70(52-43-55-73(76)84)71-53-44-56-74-77(90)60-81(89(88)85(71)74)92(80)62-65(47-38-34-30-24-20-16-12-8-4)48-40-36-32-28-26-22-18-14-10-6-2/h41-44,49-60,63-65H,5-40,45-48,61-62H2,1-4H3. The van der Waals surface area contributed by atoms with Crippen molar-refractivity contribution in [2.24, 2.45) is 11.8 Å². The minimum Gasteiger partial charge on any atom is -0.340 e. The molecule has 12 aromatic rings. The molecular formula is C89H115BrN2O. The molecule has 494 valence electrons. The molecule has 3 nitrogen and oxygen atoms in total.